The molecule has 0 amide bonds. The Bertz CT molecular complexity index is 1680. The number of benzene rings is 2. The van der Waals surface area contributed by atoms with E-state index in [1.54, 1.807) is 37.3 Å². The molecular weight excluding hydrogens is 535 g/mol. The maximum absolute atomic E-state index is 13.3. The fourth-order valence-electron chi connectivity index (χ4n) is 3.65. The number of nitrogens with one attached hydrogen (secondary N) is 1. The number of hydrogen-bond acceptors (Lipinski definition) is 7. The third-order valence-corrected chi connectivity index (χ3v) is 6.69. The molecule has 0 fully saturated rings. The molecular formula is C26H22F3N5O4S. The maximum atomic E-state index is 13.3. The molecule has 2 N–H and O–H groups in total. The summed E-state index contributed by atoms with van der Waals surface area (Å²) < 4.78 is 64.7. The van der Waals surface area contributed by atoms with Crippen molar-refractivity contribution in [2.75, 3.05) is 11.6 Å². The van der Waals surface area contributed by atoms with Crippen LogP contribution in [0.3, 0.4) is 0 Å². The Morgan fingerprint density at radius 3 is 2.51 bits per heavy atom. The fraction of sp³-hybridized carbons (Fsp3) is 0.154. The van der Waals surface area contributed by atoms with Crippen molar-refractivity contribution in [2.24, 2.45) is 0 Å². The number of carbonyl (C=O) groups is 1. The molecule has 0 unspecified atom stereocenters. The summed E-state index contributed by atoms with van der Waals surface area (Å²) in [7, 11) is -3.49. The van der Waals surface area contributed by atoms with Crippen molar-refractivity contribution < 1.29 is 31.5 Å². The summed E-state index contributed by atoms with van der Waals surface area (Å²) in [6.07, 6.45) is 0.695. The second kappa shape index (κ2) is 10.7. The first kappa shape index (κ1) is 27.5. The second-order valence-electron chi connectivity index (χ2n) is 8.45. The monoisotopic (exact) mass is 557 g/mol. The Hall–Kier alpha value is -4.52. The van der Waals surface area contributed by atoms with Crippen molar-refractivity contribution in [3.63, 3.8) is 0 Å². The van der Waals surface area contributed by atoms with Gasteiger partial charge < -0.3 is 10.4 Å². The highest BCUT2D eigenvalue weighted by atomic mass is 32.2. The largest absolute Gasteiger partial charge is 0.478 e. The maximum Gasteiger partial charge on any atom is 0.435 e. The van der Waals surface area contributed by atoms with E-state index in [1.165, 1.54) is 30.5 Å². The Kier molecular flexibility index (Phi) is 7.54. The average Bonchev–Trinajstić information content (AvgIpc) is 3.38. The lowest BCUT2D eigenvalue weighted by atomic mass is 10.0. The van der Waals surface area contributed by atoms with E-state index in [1.807, 2.05) is 0 Å². The number of carboxylic acids is 1. The van der Waals surface area contributed by atoms with Crippen LogP contribution in [0, 0.1) is 0 Å². The molecule has 0 atom stereocenters. The van der Waals surface area contributed by atoms with Crippen molar-refractivity contribution in [3.05, 3.63) is 83.8 Å². The normalized spacial score (nSPS) is 12.4. The zero-order valence-corrected chi connectivity index (χ0v) is 21.5. The number of aliphatic carboxylic acids is 1. The van der Waals surface area contributed by atoms with E-state index < -0.39 is 27.7 Å². The molecule has 0 saturated heterocycles. The van der Waals surface area contributed by atoms with Gasteiger partial charge in [-0.05, 0) is 54.0 Å². The van der Waals surface area contributed by atoms with Gasteiger partial charge in [0.25, 0.3) is 0 Å². The molecule has 0 aliphatic rings. The smallest absolute Gasteiger partial charge is 0.435 e. The molecule has 4 aromatic rings. The van der Waals surface area contributed by atoms with E-state index in [4.69, 9.17) is 0 Å². The van der Waals surface area contributed by atoms with Crippen LogP contribution in [0.2, 0.25) is 0 Å². The summed E-state index contributed by atoms with van der Waals surface area (Å²) in [4.78, 5) is 20.2. The summed E-state index contributed by atoms with van der Waals surface area (Å²) in [5.41, 5.74) is 0.810. The molecule has 0 aliphatic heterocycles. The van der Waals surface area contributed by atoms with Crippen LogP contribution in [0.15, 0.2) is 77.5 Å². The molecule has 0 saturated carbocycles. The quantitative estimate of drug-likeness (QED) is 0.277. The van der Waals surface area contributed by atoms with Gasteiger partial charge in [0.05, 0.1) is 4.90 Å². The van der Waals surface area contributed by atoms with Gasteiger partial charge in [-0.25, -0.2) is 22.9 Å². The Balaban J connectivity index is 1.82. The molecule has 0 bridgehead atoms. The number of alkyl halides is 3. The van der Waals surface area contributed by atoms with Gasteiger partial charge in [0.2, 0.25) is 5.95 Å². The molecule has 2 aromatic heterocycles. The van der Waals surface area contributed by atoms with Crippen molar-refractivity contribution in [1.29, 1.82) is 0 Å². The first-order valence-corrected chi connectivity index (χ1v) is 13.4. The minimum Gasteiger partial charge on any atom is -0.478 e. The van der Waals surface area contributed by atoms with Gasteiger partial charge in [-0.1, -0.05) is 31.2 Å². The molecule has 0 radical (unpaired) electrons. The number of carboxylic acid groups (broad SMARTS) is 1. The van der Waals surface area contributed by atoms with E-state index in [0.29, 0.717) is 28.8 Å². The van der Waals surface area contributed by atoms with Crippen molar-refractivity contribution in [1.82, 2.24) is 19.7 Å². The standard InChI is InChI=1S/C26H22F3N5O4S/c1-3-17(24(35)36)12-16-6-4-7-18(13-16)21-15-30-25(31-19-8-5-9-20(14-19)39(2,37)38)32-23(21)34-11-10-22(33-34)26(27,28)29/h4-15H,3H2,1-2H3,(H,35,36)(H,30,31,32). The minimum atomic E-state index is -4.68. The first-order chi connectivity index (χ1) is 18.3. The van der Waals surface area contributed by atoms with Gasteiger partial charge in [-0.15, -0.1) is 0 Å². The van der Waals surface area contributed by atoms with Crippen LogP contribution in [0.5, 0.6) is 0 Å². The zero-order valence-electron chi connectivity index (χ0n) is 20.6. The number of rotatable bonds is 8. The molecule has 4 rings (SSSR count). The van der Waals surface area contributed by atoms with Crippen LogP contribution >= 0.6 is 0 Å². The van der Waals surface area contributed by atoms with Gasteiger partial charge in [-0.2, -0.15) is 23.3 Å². The highest BCUT2D eigenvalue weighted by Crippen LogP contribution is 2.31. The molecule has 0 aliphatic carbocycles. The minimum absolute atomic E-state index is 0.0114. The molecule has 39 heavy (non-hydrogen) atoms. The summed E-state index contributed by atoms with van der Waals surface area (Å²) in [5.74, 6) is -1.06. The Morgan fingerprint density at radius 1 is 1.13 bits per heavy atom. The SMILES string of the molecule is CCC(=Cc1cccc(-c2cnc(Nc3cccc(S(C)(=O)=O)c3)nc2-n2ccc(C(F)(F)F)n2)c1)C(=O)O. The summed E-state index contributed by atoms with van der Waals surface area (Å²) in [5, 5.41) is 15.9. The topological polar surface area (TPSA) is 127 Å². The van der Waals surface area contributed by atoms with Gasteiger partial charge >= 0.3 is 12.1 Å². The lowest BCUT2D eigenvalue weighted by Gasteiger charge is -2.13. The van der Waals surface area contributed by atoms with Gasteiger partial charge in [0, 0.05) is 35.5 Å². The number of halogens is 3. The zero-order chi connectivity index (χ0) is 28.4. The van der Waals surface area contributed by atoms with Crippen LogP contribution in [0.1, 0.15) is 24.6 Å². The number of aromatic nitrogens is 4. The van der Waals surface area contributed by atoms with Crippen LogP contribution in [-0.4, -0.2) is 45.5 Å². The van der Waals surface area contributed by atoms with Crippen LogP contribution in [-0.2, 0) is 20.8 Å². The van der Waals surface area contributed by atoms with E-state index in [-0.39, 0.29) is 22.2 Å². The second-order valence-corrected chi connectivity index (χ2v) is 10.5. The number of hydrogen-bond donors (Lipinski definition) is 2. The van der Waals surface area contributed by atoms with Crippen LogP contribution in [0.4, 0.5) is 24.8 Å². The molecule has 2 heterocycles. The third-order valence-electron chi connectivity index (χ3n) is 5.58. The van der Waals surface area contributed by atoms with E-state index >= 15 is 0 Å². The Labute approximate surface area is 221 Å². The highest BCUT2D eigenvalue weighted by molar-refractivity contribution is 7.90. The van der Waals surface area contributed by atoms with Crippen molar-refractivity contribution in [2.45, 2.75) is 24.4 Å². The number of sulfone groups is 1. The van der Waals surface area contributed by atoms with Gasteiger partial charge in [-0.3, -0.25) is 0 Å². The van der Waals surface area contributed by atoms with Crippen molar-refractivity contribution >= 4 is 33.5 Å². The molecule has 13 heteroatoms. The highest BCUT2D eigenvalue weighted by Gasteiger charge is 2.34. The van der Waals surface area contributed by atoms with Crippen LogP contribution < -0.4 is 5.32 Å². The predicted molar refractivity (Wildman–Crippen MR) is 138 cm³/mol. The predicted octanol–water partition coefficient (Wildman–Crippen LogP) is 5.37. The van der Waals surface area contributed by atoms with Crippen LogP contribution in [0.25, 0.3) is 23.0 Å². The van der Waals surface area contributed by atoms with E-state index in [0.717, 1.165) is 23.2 Å². The summed E-state index contributed by atoms with van der Waals surface area (Å²) in [6, 6.07) is 13.5. The number of anilines is 2. The van der Waals surface area contributed by atoms with Gasteiger partial charge in [0.1, 0.15) is 0 Å². The first-order valence-electron chi connectivity index (χ1n) is 11.5. The Morgan fingerprint density at radius 2 is 1.87 bits per heavy atom. The molecule has 0 spiro atoms. The lowest BCUT2D eigenvalue weighted by molar-refractivity contribution is -0.141. The van der Waals surface area contributed by atoms with Gasteiger partial charge in [0.15, 0.2) is 21.3 Å². The number of nitrogens with zero attached hydrogens (tertiary/aromatic N) is 4. The van der Waals surface area contributed by atoms with E-state index in [2.05, 4.69) is 20.4 Å². The molecule has 2 aromatic carbocycles. The third kappa shape index (κ3) is 6.49. The van der Waals surface area contributed by atoms with Crippen molar-refractivity contribution in [3.8, 4) is 16.9 Å². The lowest BCUT2D eigenvalue weighted by Crippen LogP contribution is -2.10. The summed E-state index contributed by atoms with van der Waals surface area (Å²) >= 11 is 0. The molecule has 9 nitrogen and oxygen atoms in total. The molecule has 202 valence electrons. The fourth-order valence-corrected chi connectivity index (χ4v) is 4.32. The van der Waals surface area contributed by atoms with E-state index in [9.17, 15) is 31.5 Å². The average molecular weight is 558 g/mol. The summed E-state index contributed by atoms with van der Waals surface area (Å²) in [6.45, 7) is 1.71.